The fourth-order valence-corrected chi connectivity index (χ4v) is 0.510. The Balaban J connectivity index is 4.07. The van der Waals surface area contributed by atoms with Gasteiger partial charge in [-0.25, -0.2) is 0 Å². The molecule has 0 aliphatic rings. The molecule has 1 N–H and O–H groups in total. The fraction of sp³-hybridized carbons (Fsp3) is 0.600. The second-order valence-corrected chi connectivity index (χ2v) is 3.43. The lowest BCUT2D eigenvalue weighted by Gasteiger charge is -2.13. The molecule has 0 heterocycles. The first kappa shape index (κ1) is 10.3. The quantitative estimate of drug-likeness (QED) is 0.657. The van der Waals surface area contributed by atoms with Crippen molar-refractivity contribution in [1.82, 2.24) is 5.32 Å². The van der Waals surface area contributed by atoms with Crippen molar-refractivity contribution in [1.29, 1.82) is 0 Å². The first-order valence-corrected chi connectivity index (χ1v) is 4.05. The van der Waals surface area contributed by atoms with Crippen molar-refractivity contribution in [2.45, 2.75) is 34.6 Å². The average Bonchev–Trinajstić information content (AvgIpc) is 1.87. The molecule has 0 amide bonds. The zero-order valence-corrected chi connectivity index (χ0v) is 8.28. The first-order chi connectivity index (χ1) is 4.95. The zero-order valence-electron chi connectivity index (χ0n) is 8.28. The number of allylic oxidation sites excluding steroid dienone is 3. The lowest BCUT2D eigenvalue weighted by molar-refractivity contribution is 0.700. The summed E-state index contributed by atoms with van der Waals surface area (Å²) in [5, 5.41) is 3.26. The molecule has 64 valence electrons. The Bertz CT molecular complexity index is 171. The van der Waals surface area contributed by atoms with E-state index in [9.17, 15) is 0 Å². The summed E-state index contributed by atoms with van der Waals surface area (Å²) >= 11 is 0. The normalized spacial score (nSPS) is 9.64. The molecule has 0 aliphatic carbocycles. The second-order valence-electron chi connectivity index (χ2n) is 3.43. The molecule has 0 saturated heterocycles. The lowest BCUT2D eigenvalue weighted by atomic mass is 10.1. The van der Waals surface area contributed by atoms with E-state index in [1.165, 1.54) is 11.3 Å². The van der Waals surface area contributed by atoms with Crippen LogP contribution in [0.5, 0.6) is 0 Å². The molecule has 0 atom stereocenters. The molecule has 0 rings (SSSR count). The first-order valence-electron chi connectivity index (χ1n) is 4.05. The highest BCUT2D eigenvalue weighted by atomic mass is 14.9. The van der Waals surface area contributed by atoms with E-state index in [4.69, 9.17) is 0 Å². The van der Waals surface area contributed by atoms with Gasteiger partial charge in [0.25, 0.3) is 0 Å². The fourth-order valence-electron chi connectivity index (χ4n) is 0.510. The summed E-state index contributed by atoms with van der Waals surface area (Å²) in [6, 6.07) is 0. The Kier molecular flexibility index (Phi) is 3.94. The van der Waals surface area contributed by atoms with Crippen molar-refractivity contribution < 1.29 is 0 Å². The number of nitrogens with one attached hydrogen (secondary N) is 1. The topological polar surface area (TPSA) is 12.0 Å². The average molecular weight is 153 g/mol. The number of hydrogen-bond donors (Lipinski definition) is 1. The summed E-state index contributed by atoms with van der Waals surface area (Å²) in [4.78, 5) is 0. The Morgan fingerprint density at radius 3 is 1.91 bits per heavy atom. The van der Waals surface area contributed by atoms with Crippen LogP contribution >= 0.6 is 0 Å². The highest BCUT2D eigenvalue weighted by Crippen LogP contribution is 2.07. The molecule has 11 heavy (non-hydrogen) atoms. The van der Waals surface area contributed by atoms with E-state index in [2.05, 4.69) is 46.5 Å². The summed E-state index contributed by atoms with van der Waals surface area (Å²) < 4.78 is 0. The van der Waals surface area contributed by atoms with Gasteiger partial charge in [-0.1, -0.05) is 26.0 Å². The molecule has 0 radical (unpaired) electrons. The maximum absolute atomic E-state index is 3.93. The van der Waals surface area contributed by atoms with Gasteiger partial charge in [0.05, 0.1) is 0 Å². The van der Waals surface area contributed by atoms with E-state index in [0.29, 0.717) is 5.92 Å². The van der Waals surface area contributed by atoms with E-state index in [0.717, 1.165) is 5.70 Å². The van der Waals surface area contributed by atoms with Crippen molar-refractivity contribution in [2.75, 3.05) is 0 Å². The van der Waals surface area contributed by atoms with Crippen LogP contribution in [0.15, 0.2) is 23.5 Å². The largest absolute Gasteiger partial charge is 0.363 e. The predicted octanol–water partition coefficient (Wildman–Crippen LogP) is 3.06. The standard InChI is InChI=1S/C10H19N/c1-7(2)9(5)11-10(6)8(3)4/h7,11H,5H2,1-4,6H3. The molecule has 1 heteroatoms. The van der Waals surface area contributed by atoms with Crippen molar-refractivity contribution in [3.05, 3.63) is 23.5 Å². The van der Waals surface area contributed by atoms with Crippen LogP contribution in [-0.2, 0) is 0 Å². The smallest absolute Gasteiger partial charge is 0.0103 e. The van der Waals surface area contributed by atoms with Gasteiger partial charge in [-0.2, -0.15) is 0 Å². The van der Waals surface area contributed by atoms with Crippen LogP contribution in [0.2, 0.25) is 0 Å². The van der Waals surface area contributed by atoms with Gasteiger partial charge in [0, 0.05) is 11.4 Å². The molecule has 0 aromatic heterocycles. The van der Waals surface area contributed by atoms with Crippen molar-refractivity contribution in [2.24, 2.45) is 5.92 Å². The van der Waals surface area contributed by atoms with Crippen molar-refractivity contribution >= 4 is 0 Å². The summed E-state index contributed by atoms with van der Waals surface area (Å²) in [5.41, 5.74) is 3.61. The van der Waals surface area contributed by atoms with Gasteiger partial charge in [-0.15, -0.1) is 0 Å². The molecule has 0 unspecified atom stereocenters. The molecular formula is C10H19N. The lowest BCUT2D eigenvalue weighted by Crippen LogP contribution is -2.14. The molecule has 0 aromatic rings. The third kappa shape index (κ3) is 3.87. The van der Waals surface area contributed by atoms with Gasteiger partial charge in [0.2, 0.25) is 0 Å². The SMILES string of the molecule is C=C(NC(C)=C(C)C)C(C)C. The Labute approximate surface area is 70.2 Å². The van der Waals surface area contributed by atoms with Crippen LogP contribution in [0.4, 0.5) is 0 Å². The highest BCUT2D eigenvalue weighted by Gasteiger charge is 1.99. The van der Waals surface area contributed by atoms with E-state index < -0.39 is 0 Å². The summed E-state index contributed by atoms with van der Waals surface area (Å²) in [6.45, 7) is 14.5. The maximum atomic E-state index is 3.93. The Hall–Kier alpha value is -0.720. The van der Waals surface area contributed by atoms with Crippen LogP contribution in [0.25, 0.3) is 0 Å². The van der Waals surface area contributed by atoms with Gasteiger partial charge in [0.15, 0.2) is 0 Å². The van der Waals surface area contributed by atoms with Crippen LogP contribution in [0.1, 0.15) is 34.6 Å². The molecule has 0 aromatic carbocycles. The molecule has 0 aliphatic heterocycles. The van der Waals surface area contributed by atoms with Crippen molar-refractivity contribution in [3.8, 4) is 0 Å². The molecule has 0 saturated carbocycles. The third-order valence-electron chi connectivity index (χ3n) is 1.79. The van der Waals surface area contributed by atoms with Crippen LogP contribution < -0.4 is 5.32 Å². The molecule has 0 fully saturated rings. The molecule has 0 spiro atoms. The zero-order chi connectivity index (χ0) is 9.02. The Morgan fingerprint density at radius 1 is 1.18 bits per heavy atom. The second kappa shape index (κ2) is 4.22. The maximum Gasteiger partial charge on any atom is 0.0103 e. The van der Waals surface area contributed by atoms with Gasteiger partial charge in [-0.3, -0.25) is 0 Å². The van der Waals surface area contributed by atoms with E-state index in [-0.39, 0.29) is 0 Å². The van der Waals surface area contributed by atoms with Gasteiger partial charge in [-0.05, 0) is 26.7 Å². The Morgan fingerprint density at radius 2 is 1.64 bits per heavy atom. The van der Waals surface area contributed by atoms with Crippen LogP contribution in [0, 0.1) is 5.92 Å². The molecular weight excluding hydrogens is 134 g/mol. The van der Waals surface area contributed by atoms with Gasteiger partial charge in [0.1, 0.15) is 0 Å². The van der Waals surface area contributed by atoms with E-state index >= 15 is 0 Å². The molecule has 0 bridgehead atoms. The van der Waals surface area contributed by atoms with Gasteiger partial charge < -0.3 is 5.32 Å². The van der Waals surface area contributed by atoms with Crippen molar-refractivity contribution in [3.63, 3.8) is 0 Å². The van der Waals surface area contributed by atoms with Crippen LogP contribution in [0.3, 0.4) is 0 Å². The molecule has 1 nitrogen and oxygen atoms in total. The van der Waals surface area contributed by atoms with Crippen LogP contribution in [-0.4, -0.2) is 0 Å². The summed E-state index contributed by atoms with van der Waals surface area (Å²) in [5.74, 6) is 0.504. The summed E-state index contributed by atoms with van der Waals surface area (Å²) in [6.07, 6.45) is 0. The summed E-state index contributed by atoms with van der Waals surface area (Å²) in [7, 11) is 0. The van der Waals surface area contributed by atoms with E-state index in [1.54, 1.807) is 0 Å². The minimum Gasteiger partial charge on any atom is -0.363 e. The number of hydrogen-bond acceptors (Lipinski definition) is 1. The van der Waals surface area contributed by atoms with Gasteiger partial charge >= 0.3 is 0 Å². The third-order valence-corrected chi connectivity index (χ3v) is 1.79. The predicted molar refractivity (Wildman–Crippen MR) is 51.2 cm³/mol. The highest BCUT2D eigenvalue weighted by molar-refractivity contribution is 5.12. The monoisotopic (exact) mass is 153 g/mol. The minimum atomic E-state index is 0.504. The van der Waals surface area contributed by atoms with E-state index in [1.807, 2.05) is 0 Å². The number of rotatable bonds is 3. The minimum absolute atomic E-state index is 0.504.